The zero-order valence-corrected chi connectivity index (χ0v) is 12.0. The fourth-order valence-electron chi connectivity index (χ4n) is 2.51. The summed E-state index contributed by atoms with van der Waals surface area (Å²) in [5.41, 5.74) is 0.496. The van der Waals surface area contributed by atoms with E-state index >= 15 is 0 Å². The molecule has 0 unspecified atom stereocenters. The van der Waals surface area contributed by atoms with Crippen molar-refractivity contribution in [3.8, 4) is 0 Å². The maximum Gasteiger partial charge on any atom is 0.312 e. The number of imidazole rings is 1. The molecule has 1 saturated heterocycles. The van der Waals surface area contributed by atoms with Crippen LogP contribution in [0.1, 0.15) is 6.23 Å². The predicted octanol–water partition coefficient (Wildman–Crippen LogP) is -0.727. The van der Waals surface area contributed by atoms with E-state index < -0.39 is 30.6 Å². The lowest BCUT2D eigenvalue weighted by Gasteiger charge is -2.16. The quantitative estimate of drug-likeness (QED) is 0.633. The summed E-state index contributed by atoms with van der Waals surface area (Å²) in [6.45, 7) is 0.118. The van der Waals surface area contributed by atoms with Gasteiger partial charge in [-0.25, -0.2) is 4.98 Å². The maximum atomic E-state index is 13.5. The van der Waals surface area contributed by atoms with Gasteiger partial charge in [-0.1, -0.05) is 0 Å². The third-order valence-corrected chi connectivity index (χ3v) is 3.57. The van der Waals surface area contributed by atoms with E-state index in [1.807, 2.05) is 0 Å². The molecule has 3 N–H and O–H groups in total. The SMILES string of the molecule is CNc1nc(F)nc2c1ncn2[C@@H]1O[C@H](COC)[C@@H](O)[C@H]1O. The van der Waals surface area contributed by atoms with Gasteiger partial charge in [-0.3, -0.25) is 4.57 Å². The summed E-state index contributed by atoms with van der Waals surface area (Å²) in [7, 11) is 3.05. The molecule has 0 saturated carbocycles. The number of anilines is 1. The lowest BCUT2D eigenvalue weighted by Crippen LogP contribution is -2.33. The Hall–Kier alpha value is -1.88. The number of nitrogens with one attached hydrogen (secondary N) is 1. The zero-order chi connectivity index (χ0) is 15.9. The molecule has 4 atom stereocenters. The first-order valence-corrected chi connectivity index (χ1v) is 6.65. The molecular formula is C12H16FN5O4. The summed E-state index contributed by atoms with van der Waals surface area (Å²) in [5.74, 6) is 0.225. The number of aromatic nitrogens is 4. The number of hydrogen-bond acceptors (Lipinski definition) is 8. The Labute approximate surface area is 124 Å². The molecular weight excluding hydrogens is 297 g/mol. The monoisotopic (exact) mass is 313 g/mol. The molecule has 0 spiro atoms. The molecule has 1 fully saturated rings. The summed E-state index contributed by atoms with van der Waals surface area (Å²) in [6, 6.07) is 0. The van der Waals surface area contributed by atoms with Crippen LogP contribution in [0.25, 0.3) is 11.2 Å². The summed E-state index contributed by atoms with van der Waals surface area (Å²) in [5, 5.41) is 22.9. The van der Waals surface area contributed by atoms with Crippen molar-refractivity contribution in [2.75, 3.05) is 26.1 Å². The molecule has 22 heavy (non-hydrogen) atoms. The van der Waals surface area contributed by atoms with E-state index in [1.165, 1.54) is 18.0 Å². The Morgan fingerprint density at radius 3 is 2.86 bits per heavy atom. The van der Waals surface area contributed by atoms with Crippen LogP contribution >= 0.6 is 0 Å². The standard InChI is InChI=1S/C12H16FN5O4/c1-14-9-6-10(17-12(13)16-9)18(4-15-6)11-8(20)7(19)5(22-11)3-21-2/h4-5,7-8,11,19-20H,3H2,1-2H3,(H,14,16,17)/t5-,7-,8-,11-/m1/s1. The van der Waals surface area contributed by atoms with Gasteiger partial charge in [-0.2, -0.15) is 14.4 Å². The average molecular weight is 313 g/mol. The predicted molar refractivity (Wildman–Crippen MR) is 72.6 cm³/mol. The number of rotatable bonds is 4. The van der Waals surface area contributed by atoms with E-state index in [1.54, 1.807) is 7.05 Å². The van der Waals surface area contributed by atoms with Crippen LogP contribution in [0.4, 0.5) is 10.2 Å². The minimum Gasteiger partial charge on any atom is -0.387 e. The zero-order valence-electron chi connectivity index (χ0n) is 12.0. The average Bonchev–Trinajstić information content (AvgIpc) is 3.03. The Kier molecular flexibility index (Phi) is 3.91. The number of fused-ring (bicyclic) bond motifs is 1. The number of ether oxygens (including phenoxy) is 2. The largest absolute Gasteiger partial charge is 0.387 e. The van der Waals surface area contributed by atoms with Gasteiger partial charge in [0.15, 0.2) is 23.2 Å². The Bertz CT molecular complexity index is 681. The molecule has 0 bridgehead atoms. The lowest BCUT2D eigenvalue weighted by molar-refractivity contribution is -0.0580. The van der Waals surface area contributed by atoms with Gasteiger partial charge in [0, 0.05) is 14.2 Å². The first-order valence-electron chi connectivity index (χ1n) is 6.65. The Balaban J connectivity index is 2.02. The van der Waals surface area contributed by atoms with Crippen molar-refractivity contribution < 1.29 is 24.1 Å². The number of methoxy groups -OCH3 is 1. The summed E-state index contributed by atoms with van der Waals surface area (Å²) in [6.07, 6.45) is -3.56. The van der Waals surface area contributed by atoms with Crippen molar-refractivity contribution >= 4 is 17.0 Å². The lowest BCUT2D eigenvalue weighted by atomic mass is 10.1. The number of aliphatic hydroxyl groups excluding tert-OH is 2. The maximum absolute atomic E-state index is 13.5. The van der Waals surface area contributed by atoms with E-state index in [0.717, 1.165) is 0 Å². The minimum absolute atomic E-state index is 0.118. The van der Waals surface area contributed by atoms with Crippen LogP contribution in [0.3, 0.4) is 0 Å². The number of aliphatic hydroxyl groups is 2. The van der Waals surface area contributed by atoms with Crippen LogP contribution in [0.5, 0.6) is 0 Å². The molecule has 1 aliphatic rings. The Morgan fingerprint density at radius 1 is 1.41 bits per heavy atom. The highest BCUT2D eigenvalue weighted by molar-refractivity contribution is 5.82. The fourth-order valence-corrected chi connectivity index (χ4v) is 2.51. The molecule has 120 valence electrons. The van der Waals surface area contributed by atoms with Crippen molar-refractivity contribution in [3.63, 3.8) is 0 Å². The van der Waals surface area contributed by atoms with Crippen LogP contribution in [-0.4, -0.2) is 68.8 Å². The summed E-state index contributed by atoms with van der Waals surface area (Å²) < 4.78 is 25.4. The topological polar surface area (TPSA) is 115 Å². The van der Waals surface area contributed by atoms with Crippen molar-refractivity contribution in [1.29, 1.82) is 0 Å². The van der Waals surface area contributed by atoms with Crippen LogP contribution < -0.4 is 5.32 Å². The van der Waals surface area contributed by atoms with Crippen LogP contribution in [0.2, 0.25) is 0 Å². The van der Waals surface area contributed by atoms with Gasteiger partial charge in [-0.15, -0.1) is 0 Å². The van der Waals surface area contributed by atoms with Gasteiger partial charge < -0.3 is 25.0 Å². The van der Waals surface area contributed by atoms with Gasteiger partial charge in [-0.05, 0) is 0 Å². The highest BCUT2D eigenvalue weighted by Gasteiger charge is 2.44. The minimum atomic E-state index is -1.21. The van der Waals surface area contributed by atoms with E-state index in [2.05, 4.69) is 20.3 Å². The van der Waals surface area contributed by atoms with Gasteiger partial charge >= 0.3 is 6.08 Å². The van der Waals surface area contributed by atoms with E-state index in [4.69, 9.17) is 9.47 Å². The molecule has 9 nitrogen and oxygen atoms in total. The smallest absolute Gasteiger partial charge is 0.312 e. The fraction of sp³-hybridized carbons (Fsp3) is 0.583. The van der Waals surface area contributed by atoms with Crippen molar-refractivity contribution in [1.82, 2.24) is 19.5 Å². The molecule has 1 aliphatic heterocycles. The van der Waals surface area contributed by atoms with E-state index in [-0.39, 0.29) is 18.1 Å². The van der Waals surface area contributed by atoms with Gasteiger partial charge in [0.05, 0.1) is 12.9 Å². The molecule has 2 aromatic heterocycles. The second-order valence-corrected chi connectivity index (χ2v) is 4.92. The second-order valence-electron chi connectivity index (χ2n) is 4.92. The molecule has 0 aromatic carbocycles. The number of nitrogens with zero attached hydrogens (tertiary/aromatic N) is 4. The van der Waals surface area contributed by atoms with Gasteiger partial charge in [0.25, 0.3) is 0 Å². The summed E-state index contributed by atoms with van der Waals surface area (Å²) in [4.78, 5) is 11.4. The molecule has 3 rings (SSSR count). The van der Waals surface area contributed by atoms with Gasteiger partial charge in [0.2, 0.25) is 0 Å². The molecule has 3 heterocycles. The number of hydrogen-bond donors (Lipinski definition) is 3. The number of halogens is 1. The summed E-state index contributed by atoms with van der Waals surface area (Å²) >= 11 is 0. The van der Waals surface area contributed by atoms with Gasteiger partial charge in [0.1, 0.15) is 18.3 Å². The normalized spacial score (nSPS) is 28.4. The van der Waals surface area contributed by atoms with Crippen molar-refractivity contribution in [2.45, 2.75) is 24.5 Å². The molecule has 0 aliphatic carbocycles. The van der Waals surface area contributed by atoms with Crippen LogP contribution in [-0.2, 0) is 9.47 Å². The molecule has 0 amide bonds. The van der Waals surface area contributed by atoms with Crippen LogP contribution in [0, 0.1) is 6.08 Å². The van der Waals surface area contributed by atoms with E-state index in [0.29, 0.717) is 5.52 Å². The van der Waals surface area contributed by atoms with Crippen molar-refractivity contribution in [2.24, 2.45) is 0 Å². The third-order valence-electron chi connectivity index (χ3n) is 3.57. The van der Waals surface area contributed by atoms with Crippen LogP contribution in [0.15, 0.2) is 6.33 Å². The highest BCUT2D eigenvalue weighted by atomic mass is 19.1. The molecule has 10 heteroatoms. The molecule has 0 radical (unpaired) electrons. The first kappa shape index (κ1) is 15.0. The van der Waals surface area contributed by atoms with E-state index in [9.17, 15) is 14.6 Å². The first-order chi connectivity index (χ1) is 10.6. The third kappa shape index (κ3) is 2.29. The van der Waals surface area contributed by atoms with Crippen molar-refractivity contribution in [3.05, 3.63) is 12.4 Å². The Morgan fingerprint density at radius 2 is 2.18 bits per heavy atom. The molecule has 2 aromatic rings. The highest BCUT2D eigenvalue weighted by Crippen LogP contribution is 2.32. The second kappa shape index (κ2) is 5.72.